The summed E-state index contributed by atoms with van der Waals surface area (Å²) in [5, 5.41) is 3.50. The topological polar surface area (TPSA) is 79.8 Å². The average molecular weight is 428 g/mol. The smallest absolute Gasteiger partial charge is 0.354 e. The fraction of sp³-hybridized carbons (Fsp3) is 0.227. The Kier molecular flexibility index (Phi) is 5.26. The monoisotopic (exact) mass is 428 g/mol. The maximum atomic E-state index is 12.8. The molecule has 0 fully saturated rings. The quantitative estimate of drug-likeness (QED) is 0.510. The van der Waals surface area contributed by atoms with E-state index in [9.17, 15) is 22.8 Å². The summed E-state index contributed by atoms with van der Waals surface area (Å²) in [6.45, 7) is 2.29. The van der Waals surface area contributed by atoms with E-state index in [1.807, 2.05) is 25.1 Å². The third-order valence-corrected chi connectivity index (χ3v) is 5.02. The summed E-state index contributed by atoms with van der Waals surface area (Å²) >= 11 is 0. The van der Waals surface area contributed by atoms with Crippen molar-refractivity contribution in [1.29, 1.82) is 0 Å². The molecule has 0 spiro atoms. The van der Waals surface area contributed by atoms with Crippen LogP contribution >= 0.6 is 0 Å². The van der Waals surface area contributed by atoms with Crippen LogP contribution in [-0.2, 0) is 23.9 Å². The fourth-order valence-corrected chi connectivity index (χ4v) is 3.48. The van der Waals surface area contributed by atoms with E-state index in [2.05, 4.69) is 15.3 Å². The van der Waals surface area contributed by atoms with E-state index in [-0.39, 0.29) is 30.6 Å². The van der Waals surface area contributed by atoms with Crippen molar-refractivity contribution in [3.8, 4) is 0 Å². The molecule has 2 aromatic carbocycles. The summed E-state index contributed by atoms with van der Waals surface area (Å²) in [5.41, 5.74) is 2.07. The second-order valence-electron chi connectivity index (χ2n) is 7.37. The zero-order valence-electron chi connectivity index (χ0n) is 16.6. The van der Waals surface area contributed by atoms with E-state index in [4.69, 9.17) is 0 Å². The number of carbonyl (C=O) groups excluding carboxylic acids is 1. The Balaban J connectivity index is 1.43. The van der Waals surface area contributed by atoms with Gasteiger partial charge in [0.2, 0.25) is 5.91 Å². The first-order valence-corrected chi connectivity index (χ1v) is 9.63. The minimum atomic E-state index is -4.46. The van der Waals surface area contributed by atoms with Crippen LogP contribution in [0, 0.1) is 6.92 Å². The van der Waals surface area contributed by atoms with Crippen LogP contribution in [0.2, 0.25) is 0 Å². The molecule has 0 saturated carbocycles. The molecule has 9 heteroatoms. The van der Waals surface area contributed by atoms with Crippen molar-refractivity contribution in [2.75, 3.05) is 6.54 Å². The highest BCUT2D eigenvalue weighted by Crippen LogP contribution is 2.29. The molecule has 0 radical (unpaired) electrons. The van der Waals surface area contributed by atoms with E-state index in [0.29, 0.717) is 11.0 Å². The van der Waals surface area contributed by atoms with E-state index in [1.54, 1.807) is 0 Å². The van der Waals surface area contributed by atoms with E-state index in [0.717, 1.165) is 28.6 Å². The molecule has 0 aliphatic heterocycles. The molecule has 2 N–H and O–H groups in total. The van der Waals surface area contributed by atoms with Gasteiger partial charge in [0.25, 0.3) is 5.56 Å². The number of amides is 1. The zero-order chi connectivity index (χ0) is 22.2. The van der Waals surface area contributed by atoms with Gasteiger partial charge in [-0.15, -0.1) is 0 Å². The van der Waals surface area contributed by atoms with Crippen molar-refractivity contribution in [3.63, 3.8) is 0 Å². The SMILES string of the molecule is Cc1ccc2[nH]c3c(=O)n(CCNC(=O)Cc4cccc(C(F)(F)F)c4)cnc3c2c1. The number of alkyl halides is 3. The largest absolute Gasteiger partial charge is 0.416 e. The minimum absolute atomic E-state index is 0.143. The number of halogens is 3. The molecular weight excluding hydrogens is 409 g/mol. The summed E-state index contributed by atoms with van der Waals surface area (Å²) in [4.78, 5) is 32.3. The van der Waals surface area contributed by atoms with E-state index in [1.165, 1.54) is 23.0 Å². The number of aryl methyl sites for hydroxylation is 1. The molecule has 2 aromatic heterocycles. The van der Waals surface area contributed by atoms with Gasteiger partial charge in [-0.05, 0) is 30.7 Å². The highest BCUT2D eigenvalue weighted by atomic mass is 19.4. The number of H-pyrrole nitrogens is 1. The van der Waals surface area contributed by atoms with Crippen molar-refractivity contribution in [1.82, 2.24) is 19.9 Å². The Hall–Kier alpha value is -3.62. The van der Waals surface area contributed by atoms with Gasteiger partial charge in [0.1, 0.15) is 11.0 Å². The van der Waals surface area contributed by atoms with Crippen LogP contribution in [0.5, 0.6) is 0 Å². The molecule has 0 saturated heterocycles. The lowest BCUT2D eigenvalue weighted by molar-refractivity contribution is -0.137. The van der Waals surface area contributed by atoms with Crippen LogP contribution in [0.15, 0.2) is 53.6 Å². The highest BCUT2D eigenvalue weighted by Gasteiger charge is 2.30. The molecule has 0 bridgehead atoms. The molecule has 0 aliphatic rings. The van der Waals surface area contributed by atoms with Crippen molar-refractivity contribution in [3.05, 3.63) is 75.8 Å². The molecule has 4 rings (SSSR count). The van der Waals surface area contributed by atoms with Crippen molar-refractivity contribution < 1.29 is 18.0 Å². The van der Waals surface area contributed by atoms with Crippen LogP contribution in [-0.4, -0.2) is 27.0 Å². The van der Waals surface area contributed by atoms with Crippen LogP contribution in [0.3, 0.4) is 0 Å². The Bertz CT molecular complexity index is 1340. The standard InChI is InChI=1S/C22H19F3N4O2/c1-13-5-6-17-16(9-13)19-20(28-17)21(31)29(12-27-19)8-7-26-18(30)11-14-3-2-4-15(10-14)22(23,24)25/h2-6,9-10,12,28H,7-8,11H2,1H3,(H,26,30). The highest BCUT2D eigenvalue weighted by molar-refractivity contribution is 6.04. The number of rotatable bonds is 5. The Morgan fingerprint density at radius 3 is 2.77 bits per heavy atom. The van der Waals surface area contributed by atoms with Crippen LogP contribution in [0.1, 0.15) is 16.7 Å². The lowest BCUT2D eigenvalue weighted by atomic mass is 10.1. The molecular formula is C22H19F3N4O2. The van der Waals surface area contributed by atoms with Crippen molar-refractivity contribution in [2.24, 2.45) is 0 Å². The molecule has 2 heterocycles. The first-order valence-electron chi connectivity index (χ1n) is 9.63. The second kappa shape index (κ2) is 7.90. The molecule has 6 nitrogen and oxygen atoms in total. The van der Waals surface area contributed by atoms with Gasteiger partial charge in [0.05, 0.1) is 18.3 Å². The maximum Gasteiger partial charge on any atom is 0.416 e. The molecule has 160 valence electrons. The third kappa shape index (κ3) is 4.30. The molecule has 1 amide bonds. The van der Waals surface area contributed by atoms with Crippen molar-refractivity contribution >= 4 is 27.8 Å². The first kappa shape index (κ1) is 20.6. The van der Waals surface area contributed by atoms with Crippen LogP contribution < -0.4 is 10.9 Å². The zero-order valence-corrected chi connectivity index (χ0v) is 16.6. The van der Waals surface area contributed by atoms with Gasteiger partial charge >= 0.3 is 6.18 Å². The molecule has 0 unspecified atom stereocenters. The normalized spacial score (nSPS) is 11.9. The Morgan fingerprint density at radius 2 is 2.00 bits per heavy atom. The van der Waals surface area contributed by atoms with Gasteiger partial charge in [-0.3, -0.25) is 14.2 Å². The summed E-state index contributed by atoms with van der Waals surface area (Å²) in [6, 6.07) is 10.4. The lowest BCUT2D eigenvalue weighted by Crippen LogP contribution is -2.32. The summed E-state index contributed by atoms with van der Waals surface area (Å²) < 4.78 is 39.8. The second-order valence-corrected chi connectivity index (χ2v) is 7.37. The third-order valence-electron chi connectivity index (χ3n) is 5.02. The molecule has 31 heavy (non-hydrogen) atoms. The van der Waals surface area contributed by atoms with Gasteiger partial charge in [0.15, 0.2) is 0 Å². The summed E-state index contributed by atoms with van der Waals surface area (Å²) in [6.07, 6.45) is -3.21. The predicted octanol–water partition coefficient (Wildman–Crippen LogP) is 3.56. The van der Waals surface area contributed by atoms with E-state index < -0.39 is 17.6 Å². The average Bonchev–Trinajstić information content (AvgIpc) is 3.08. The Labute approximate surface area is 174 Å². The summed E-state index contributed by atoms with van der Waals surface area (Å²) in [7, 11) is 0. The summed E-state index contributed by atoms with van der Waals surface area (Å²) in [5.74, 6) is -0.428. The Morgan fingerprint density at radius 1 is 1.19 bits per heavy atom. The minimum Gasteiger partial charge on any atom is -0.354 e. The molecule has 4 aromatic rings. The number of carbonyl (C=O) groups is 1. The molecule has 0 aliphatic carbocycles. The predicted molar refractivity (Wildman–Crippen MR) is 111 cm³/mol. The van der Waals surface area contributed by atoms with Gasteiger partial charge in [0, 0.05) is 24.0 Å². The van der Waals surface area contributed by atoms with Gasteiger partial charge in [-0.1, -0.05) is 29.8 Å². The maximum absolute atomic E-state index is 12.8. The van der Waals surface area contributed by atoms with Crippen LogP contribution in [0.4, 0.5) is 13.2 Å². The number of hydrogen-bond donors (Lipinski definition) is 2. The number of hydrogen-bond acceptors (Lipinski definition) is 3. The fourth-order valence-electron chi connectivity index (χ4n) is 3.48. The van der Waals surface area contributed by atoms with Crippen molar-refractivity contribution in [2.45, 2.75) is 26.1 Å². The van der Waals surface area contributed by atoms with Gasteiger partial charge in [-0.2, -0.15) is 13.2 Å². The first-order chi connectivity index (χ1) is 14.7. The number of benzene rings is 2. The number of aromatic amines is 1. The van der Waals surface area contributed by atoms with Crippen LogP contribution in [0.25, 0.3) is 21.9 Å². The number of fused-ring (bicyclic) bond motifs is 3. The molecule has 0 atom stereocenters. The lowest BCUT2D eigenvalue weighted by Gasteiger charge is -2.10. The number of nitrogens with one attached hydrogen (secondary N) is 2. The number of aromatic nitrogens is 3. The van der Waals surface area contributed by atoms with E-state index >= 15 is 0 Å². The van der Waals surface area contributed by atoms with Gasteiger partial charge in [-0.25, -0.2) is 4.98 Å². The van der Waals surface area contributed by atoms with Gasteiger partial charge < -0.3 is 10.3 Å². The number of nitrogens with zero attached hydrogens (tertiary/aromatic N) is 2.